The minimum absolute atomic E-state index is 0.0586. The Morgan fingerprint density at radius 2 is 2.45 bits per heavy atom. The molecule has 1 aliphatic rings. The SMILES string of the molecule is CN(Cc1ccsc1)C(=O)C1CCc2nnn(C)c2C1. The van der Waals surface area contributed by atoms with Crippen molar-refractivity contribution in [1.29, 1.82) is 0 Å². The fraction of sp³-hybridized carbons (Fsp3) is 0.500. The molecule has 0 fully saturated rings. The quantitative estimate of drug-likeness (QED) is 0.863. The van der Waals surface area contributed by atoms with Crippen molar-refractivity contribution in [2.24, 2.45) is 13.0 Å². The summed E-state index contributed by atoms with van der Waals surface area (Å²) in [5.74, 6) is 0.284. The number of nitrogens with zero attached hydrogens (tertiary/aromatic N) is 4. The zero-order chi connectivity index (χ0) is 14.1. The maximum atomic E-state index is 12.5. The molecule has 6 heteroatoms. The monoisotopic (exact) mass is 290 g/mol. The molecule has 0 aliphatic heterocycles. The van der Waals surface area contributed by atoms with Crippen LogP contribution in [0.25, 0.3) is 0 Å². The molecule has 2 heterocycles. The fourth-order valence-electron chi connectivity index (χ4n) is 2.77. The van der Waals surface area contributed by atoms with E-state index < -0.39 is 0 Å². The number of hydrogen-bond acceptors (Lipinski definition) is 4. The van der Waals surface area contributed by atoms with E-state index in [-0.39, 0.29) is 11.8 Å². The second-order valence-corrected chi connectivity index (χ2v) is 6.15. The first kappa shape index (κ1) is 13.3. The van der Waals surface area contributed by atoms with Gasteiger partial charge in [0.1, 0.15) is 0 Å². The summed E-state index contributed by atoms with van der Waals surface area (Å²) < 4.78 is 1.80. The van der Waals surface area contributed by atoms with Gasteiger partial charge in [0, 0.05) is 33.0 Å². The summed E-state index contributed by atoms with van der Waals surface area (Å²) in [6.45, 7) is 0.690. The van der Waals surface area contributed by atoms with Gasteiger partial charge < -0.3 is 4.90 Å². The van der Waals surface area contributed by atoms with E-state index in [1.54, 1.807) is 16.0 Å². The largest absolute Gasteiger partial charge is 0.341 e. The van der Waals surface area contributed by atoms with E-state index in [2.05, 4.69) is 21.8 Å². The fourth-order valence-corrected chi connectivity index (χ4v) is 3.43. The maximum absolute atomic E-state index is 12.5. The number of aromatic nitrogens is 3. The molecule has 0 bridgehead atoms. The van der Waals surface area contributed by atoms with Crippen LogP contribution in [0.15, 0.2) is 16.8 Å². The Balaban J connectivity index is 1.68. The summed E-state index contributed by atoms with van der Waals surface area (Å²) >= 11 is 1.66. The minimum Gasteiger partial charge on any atom is -0.341 e. The molecule has 1 aliphatic carbocycles. The van der Waals surface area contributed by atoms with Crippen molar-refractivity contribution in [3.8, 4) is 0 Å². The zero-order valence-corrected chi connectivity index (χ0v) is 12.6. The Morgan fingerprint density at radius 1 is 1.60 bits per heavy atom. The average molecular weight is 290 g/mol. The lowest BCUT2D eigenvalue weighted by Crippen LogP contribution is -2.35. The van der Waals surface area contributed by atoms with Crippen LogP contribution in [-0.4, -0.2) is 32.8 Å². The molecule has 20 heavy (non-hydrogen) atoms. The highest BCUT2D eigenvalue weighted by atomic mass is 32.1. The normalized spacial score (nSPS) is 17.8. The van der Waals surface area contributed by atoms with Crippen molar-refractivity contribution in [2.45, 2.75) is 25.8 Å². The summed E-state index contributed by atoms with van der Waals surface area (Å²) in [5, 5.41) is 12.3. The Labute approximate surface area is 122 Å². The standard InChI is InChI=1S/C14H18N4OS/c1-17(8-10-5-6-20-9-10)14(19)11-3-4-12-13(7-11)18(2)16-15-12/h5-6,9,11H,3-4,7-8H2,1-2H3. The van der Waals surface area contributed by atoms with Gasteiger partial charge in [-0.3, -0.25) is 9.48 Å². The summed E-state index contributed by atoms with van der Waals surface area (Å²) in [6.07, 6.45) is 2.48. The Bertz CT molecular complexity index is 605. The summed E-state index contributed by atoms with van der Waals surface area (Å²) in [5.41, 5.74) is 3.36. The molecular weight excluding hydrogens is 272 g/mol. The number of aryl methyl sites for hydroxylation is 2. The van der Waals surface area contributed by atoms with E-state index >= 15 is 0 Å². The summed E-state index contributed by atoms with van der Waals surface area (Å²) in [7, 11) is 3.78. The molecule has 0 saturated heterocycles. The van der Waals surface area contributed by atoms with Crippen LogP contribution in [-0.2, 0) is 31.2 Å². The van der Waals surface area contributed by atoms with Gasteiger partial charge >= 0.3 is 0 Å². The van der Waals surface area contributed by atoms with Gasteiger partial charge in [-0.15, -0.1) is 5.10 Å². The van der Waals surface area contributed by atoms with Crippen LogP contribution in [0, 0.1) is 5.92 Å². The van der Waals surface area contributed by atoms with E-state index in [4.69, 9.17) is 0 Å². The summed E-state index contributed by atoms with van der Waals surface area (Å²) in [6, 6.07) is 2.07. The van der Waals surface area contributed by atoms with E-state index in [1.807, 2.05) is 24.4 Å². The van der Waals surface area contributed by atoms with Gasteiger partial charge in [0.2, 0.25) is 5.91 Å². The number of hydrogen-bond donors (Lipinski definition) is 0. The summed E-state index contributed by atoms with van der Waals surface area (Å²) in [4.78, 5) is 14.4. The minimum atomic E-state index is 0.0586. The van der Waals surface area contributed by atoms with E-state index in [1.165, 1.54) is 5.56 Å². The Morgan fingerprint density at radius 3 is 3.20 bits per heavy atom. The van der Waals surface area contributed by atoms with Gasteiger partial charge in [0.25, 0.3) is 0 Å². The average Bonchev–Trinajstić information content (AvgIpc) is 3.08. The molecular formula is C14H18N4OS. The Hall–Kier alpha value is -1.69. The molecule has 0 aromatic carbocycles. The van der Waals surface area contributed by atoms with Crippen LogP contribution in [0.3, 0.4) is 0 Å². The first-order valence-electron chi connectivity index (χ1n) is 6.78. The number of carbonyl (C=O) groups is 1. The number of thiophene rings is 1. The van der Waals surface area contributed by atoms with Crippen molar-refractivity contribution in [3.05, 3.63) is 33.8 Å². The molecule has 106 valence electrons. The number of fused-ring (bicyclic) bond motifs is 1. The van der Waals surface area contributed by atoms with Gasteiger partial charge in [0.15, 0.2) is 0 Å². The van der Waals surface area contributed by atoms with Crippen LogP contribution < -0.4 is 0 Å². The molecule has 0 saturated carbocycles. The molecule has 1 amide bonds. The molecule has 1 unspecified atom stereocenters. The molecule has 0 radical (unpaired) electrons. The molecule has 0 N–H and O–H groups in total. The third-order valence-electron chi connectivity index (χ3n) is 3.92. The van der Waals surface area contributed by atoms with Gasteiger partial charge in [-0.1, -0.05) is 5.21 Å². The number of rotatable bonds is 3. The van der Waals surface area contributed by atoms with E-state index in [9.17, 15) is 4.79 Å². The molecule has 1 atom stereocenters. The third-order valence-corrected chi connectivity index (χ3v) is 4.65. The van der Waals surface area contributed by atoms with Crippen molar-refractivity contribution in [3.63, 3.8) is 0 Å². The van der Waals surface area contributed by atoms with Crippen molar-refractivity contribution >= 4 is 17.2 Å². The lowest BCUT2D eigenvalue weighted by atomic mass is 9.88. The first-order chi connectivity index (χ1) is 9.65. The maximum Gasteiger partial charge on any atom is 0.226 e. The van der Waals surface area contributed by atoms with Gasteiger partial charge in [-0.2, -0.15) is 11.3 Å². The van der Waals surface area contributed by atoms with Gasteiger partial charge in [0.05, 0.1) is 11.4 Å². The second-order valence-electron chi connectivity index (χ2n) is 5.37. The molecule has 2 aromatic heterocycles. The molecule has 2 aromatic rings. The van der Waals surface area contributed by atoms with Crippen molar-refractivity contribution < 1.29 is 4.79 Å². The zero-order valence-electron chi connectivity index (χ0n) is 11.7. The van der Waals surface area contributed by atoms with E-state index in [0.29, 0.717) is 6.54 Å². The van der Waals surface area contributed by atoms with Crippen LogP contribution in [0.2, 0.25) is 0 Å². The molecule has 0 spiro atoms. The molecule has 5 nitrogen and oxygen atoms in total. The second kappa shape index (κ2) is 5.36. The highest BCUT2D eigenvalue weighted by Crippen LogP contribution is 2.25. The van der Waals surface area contributed by atoms with Crippen LogP contribution in [0.5, 0.6) is 0 Å². The first-order valence-corrected chi connectivity index (χ1v) is 7.73. The smallest absolute Gasteiger partial charge is 0.226 e. The van der Waals surface area contributed by atoms with Crippen LogP contribution in [0.1, 0.15) is 23.4 Å². The van der Waals surface area contributed by atoms with Crippen LogP contribution >= 0.6 is 11.3 Å². The Kier molecular flexibility index (Phi) is 3.56. The number of carbonyl (C=O) groups excluding carboxylic acids is 1. The lowest BCUT2D eigenvalue weighted by Gasteiger charge is -2.26. The van der Waals surface area contributed by atoms with Crippen LogP contribution in [0.4, 0.5) is 0 Å². The highest BCUT2D eigenvalue weighted by Gasteiger charge is 2.29. The predicted molar refractivity (Wildman–Crippen MR) is 77.3 cm³/mol. The van der Waals surface area contributed by atoms with Crippen molar-refractivity contribution in [1.82, 2.24) is 19.9 Å². The molecule has 3 rings (SSSR count). The highest BCUT2D eigenvalue weighted by molar-refractivity contribution is 7.07. The van der Waals surface area contributed by atoms with Gasteiger partial charge in [-0.25, -0.2) is 0 Å². The third kappa shape index (κ3) is 2.47. The predicted octanol–water partition coefficient (Wildman–Crippen LogP) is 1.64. The van der Waals surface area contributed by atoms with Crippen molar-refractivity contribution in [2.75, 3.05) is 7.05 Å². The van der Waals surface area contributed by atoms with Gasteiger partial charge in [-0.05, 0) is 35.2 Å². The topological polar surface area (TPSA) is 51.0 Å². The lowest BCUT2D eigenvalue weighted by molar-refractivity contribution is -0.135. The number of amides is 1. The van der Waals surface area contributed by atoms with E-state index in [0.717, 1.165) is 30.7 Å².